The molecule has 1 aromatic heterocycles. The van der Waals surface area contributed by atoms with Gasteiger partial charge in [-0.1, -0.05) is 6.07 Å². The second kappa shape index (κ2) is 4.85. The monoisotopic (exact) mass is 166 g/mol. The van der Waals surface area contributed by atoms with Crippen LogP contribution in [0.15, 0.2) is 18.3 Å². The number of hydrogen-bond donors (Lipinski definition) is 2. The Balaban J connectivity index is 0.000000213. The number of aromatic nitrogens is 1. The van der Waals surface area contributed by atoms with Gasteiger partial charge in [0.1, 0.15) is 0 Å². The van der Waals surface area contributed by atoms with Crippen LogP contribution >= 0.6 is 0 Å². The van der Waals surface area contributed by atoms with E-state index in [0.29, 0.717) is 0 Å². The third kappa shape index (κ3) is 2.29. The summed E-state index contributed by atoms with van der Waals surface area (Å²) in [6.45, 7) is 3.86. The molecule has 0 saturated heterocycles. The van der Waals surface area contributed by atoms with Gasteiger partial charge in [0, 0.05) is 25.9 Å². The zero-order valence-corrected chi connectivity index (χ0v) is 7.25. The fourth-order valence-electron chi connectivity index (χ4n) is 1.11. The Bertz CT molecular complexity index is 215. The van der Waals surface area contributed by atoms with Crippen molar-refractivity contribution in [2.75, 3.05) is 6.61 Å². The quantitative estimate of drug-likeness (QED) is 0.596. The molecule has 2 heterocycles. The smallest absolute Gasteiger partial charge is 0.0586 e. The molecule has 0 aliphatic carbocycles. The molecule has 66 valence electrons. The Morgan fingerprint density at radius 3 is 3.00 bits per heavy atom. The molecule has 0 saturated carbocycles. The minimum absolute atomic E-state index is 0.250. The van der Waals surface area contributed by atoms with Crippen LogP contribution in [0.5, 0.6) is 0 Å². The third-order valence-electron chi connectivity index (χ3n) is 1.59. The van der Waals surface area contributed by atoms with Crippen molar-refractivity contribution < 1.29 is 5.11 Å². The number of pyridine rings is 1. The van der Waals surface area contributed by atoms with Crippen LogP contribution < -0.4 is 5.32 Å². The lowest BCUT2D eigenvalue weighted by molar-refractivity contribution is 0.318. The molecule has 2 rings (SSSR count). The van der Waals surface area contributed by atoms with Gasteiger partial charge < -0.3 is 10.4 Å². The highest BCUT2D eigenvalue weighted by molar-refractivity contribution is 5.22. The Morgan fingerprint density at radius 1 is 1.58 bits per heavy atom. The van der Waals surface area contributed by atoms with Gasteiger partial charge in [-0.3, -0.25) is 4.98 Å². The van der Waals surface area contributed by atoms with Gasteiger partial charge in [-0.15, -0.1) is 0 Å². The number of aliphatic hydroxyl groups is 1. The fraction of sp³-hybridized carbons (Fsp3) is 0.444. The Hall–Kier alpha value is -0.930. The van der Waals surface area contributed by atoms with Gasteiger partial charge in [0.25, 0.3) is 0 Å². The highest BCUT2D eigenvalue weighted by Crippen LogP contribution is 2.09. The first-order valence-electron chi connectivity index (χ1n) is 4.12. The van der Waals surface area contributed by atoms with Crippen molar-refractivity contribution in [3.05, 3.63) is 29.6 Å². The summed E-state index contributed by atoms with van der Waals surface area (Å²) in [4.78, 5) is 4.20. The maximum atomic E-state index is 7.57. The van der Waals surface area contributed by atoms with Gasteiger partial charge in [-0.2, -0.15) is 0 Å². The predicted molar refractivity (Wildman–Crippen MR) is 47.5 cm³/mol. The molecular weight excluding hydrogens is 152 g/mol. The molecule has 0 unspecified atom stereocenters. The number of aliphatic hydroxyl groups excluding tert-OH is 1. The van der Waals surface area contributed by atoms with Crippen LogP contribution in [0, 0.1) is 0 Å². The van der Waals surface area contributed by atoms with Gasteiger partial charge in [-0.05, 0) is 18.6 Å². The molecule has 1 aliphatic rings. The number of hydrogen-bond acceptors (Lipinski definition) is 3. The predicted octanol–water partition coefficient (Wildman–Crippen LogP) is 0.683. The van der Waals surface area contributed by atoms with Crippen molar-refractivity contribution in [1.29, 1.82) is 0 Å². The fourth-order valence-corrected chi connectivity index (χ4v) is 1.11. The first kappa shape index (κ1) is 9.16. The molecule has 0 fully saturated rings. The largest absolute Gasteiger partial charge is 0.397 e. The average Bonchev–Trinajstić information content (AvgIpc) is 2.52. The van der Waals surface area contributed by atoms with Crippen LogP contribution in [0.4, 0.5) is 0 Å². The van der Waals surface area contributed by atoms with E-state index >= 15 is 0 Å². The lowest BCUT2D eigenvalue weighted by atomic mass is 10.2. The minimum atomic E-state index is 0.250. The standard InChI is InChI=1S/C7H8N2.C2H6O/c1-2-6-4-8-5-7(6)9-3-1;1-2-3/h1-3,8H,4-5H2;3H,2H2,1H3. The number of nitrogens with zero attached hydrogens (tertiary/aromatic N) is 1. The first-order chi connectivity index (χ1) is 5.88. The minimum Gasteiger partial charge on any atom is -0.397 e. The second-order valence-electron chi connectivity index (χ2n) is 2.53. The summed E-state index contributed by atoms with van der Waals surface area (Å²) in [5.74, 6) is 0. The van der Waals surface area contributed by atoms with Crippen LogP contribution in [0.25, 0.3) is 0 Å². The van der Waals surface area contributed by atoms with E-state index in [-0.39, 0.29) is 6.61 Å². The molecule has 12 heavy (non-hydrogen) atoms. The number of rotatable bonds is 0. The van der Waals surface area contributed by atoms with E-state index in [0.717, 1.165) is 13.1 Å². The van der Waals surface area contributed by atoms with Crippen LogP contribution in [0.3, 0.4) is 0 Å². The lowest BCUT2D eigenvalue weighted by Gasteiger charge is -1.90. The average molecular weight is 166 g/mol. The molecule has 0 bridgehead atoms. The molecule has 0 spiro atoms. The molecule has 1 aromatic rings. The van der Waals surface area contributed by atoms with Gasteiger partial charge in [-0.25, -0.2) is 0 Å². The maximum Gasteiger partial charge on any atom is 0.0586 e. The van der Waals surface area contributed by atoms with E-state index in [2.05, 4.69) is 16.4 Å². The zero-order chi connectivity index (χ0) is 8.81. The van der Waals surface area contributed by atoms with Crippen molar-refractivity contribution in [2.24, 2.45) is 0 Å². The van der Waals surface area contributed by atoms with Crippen molar-refractivity contribution in [3.63, 3.8) is 0 Å². The summed E-state index contributed by atoms with van der Waals surface area (Å²) >= 11 is 0. The lowest BCUT2D eigenvalue weighted by Crippen LogP contribution is -2.00. The summed E-state index contributed by atoms with van der Waals surface area (Å²) in [5.41, 5.74) is 2.55. The molecule has 1 aliphatic heterocycles. The van der Waals surface area contributed by atoms with E-state index in [1.54, 1.807) is 6.92 Å². The third-order valence-corrected chi connectivity index (χ3v) is 1.59. The van der Waals surface area contributed by atoms with Gasteiger partial charge in [0.15, 0.2) is 0 Å². The van der Waals surface area contributed by atoms with Crippen LogP contribution in [-0.4, -0.2) is 16.7 Å². The Morgan fingerprint density at radius 2 is 2.33 bits per heavy atom. The molecule has 0 radical (unpaired) electrons. The highest BCUT2D eigenvalue weighted by atomic mass is 16.2. The van der Waals surface area contributed by atoms with Gasteiger partial charge in [0.2, 0.25) is 0 Å². The van der Waals surface area contributed by atoms with Crippen LogP contribution in [-0.2, 0) is 13.1 Å². The van der Waals surface area contributed by atoms with Crippen molar-refractivity contribution >= 4 is 0 Å². The number of nitrogens with one attached hydrogen (secondary N) is 1. The molecule has 2 N–H and O–H groups in total. The highest BCUT2D eigenvalue weighted by Gasteiger charge is 2.07. The zero-order valence-electron chi connectivity index (χ0n) is 7.25. The topological polar surface area (TPSA) is 45.2 Å². The van der Waals surface area contributed by atoms with Gasteiger partial charge in [0.05, 0.1) is 5.69 Å². The van der Waals surface area contributed by atoms with Crippen molar-refractivity contribution in [3.8, 4) is 0 Å². The number of fused-ring (bicyclic) bond motifs is 1. The summed E-state index contributed by atoms with van der Waals surface area (Å²) < 4.78 is 0. The van der Waals surface area contributed by atoms with Gasteiger partial charge >= 0.3 is 0 Å². The van der Waals surface area contributed by atoms with E-state index < -0.39 is 0 Å². The summed E-state index contributed by atoms with van der Waals surface area (Å²) in [5, 5.41) is 10.8. The van der Waals surface area contributed by atoms with Crippen LogP contribution in [0.2, 0.25) is 0 Å². The Kier molecular flexibility index (Phi) is 3.70. The van der Waals surface area contributed by atoms with E-state index in [1.165, 1.54) is 11.3 Å². The molecule has 0 amide bonds. The summed E-state index contributed by atoms with van der Waals surface area (Å²) in [7, 11) is 0. The normalized spacial score (nSPS) is 13.2. The second-order valence-corrected chi connectivity index (χ2v) is 2.53. The molecule has 3 nitrogen and oxygen atoms in total. The molecule has 0 atom stereocenters. The van der Waals surface area contributed by atoms with E-state index in [9.17, 15) is 0 Å². The molecule has 3 heteroatoms. The van der Waals surface area contributed by atoms with E-state index in [1.807, 2.05) is 12.3 Å². The van der Waals surface area contributed by atoms with Crippen LogP contribution in [0.1, 0.15) is 18.2 Å². The molecular formula is C9H14N2O. The summed E-state index contributed by atoms with van der Waals surface area (Å²) in [6.07, 6.45) is 1.84. The van der Waals surface area contributed by atoms with Crippen molar-refractivity contribution in [1.82, 2.24) is 10.3 Å². The summed E-state index contributed by atoms with van der Waals surface area (Å²) in [6, 6.07) is 4.09. The maximum absolute atomic E-state index is 7.57. The SMILES string of the molecule is CCO.c1cnc2c(c1)CNC2. The van der Waals surface area contributed by atoms with E-state index in [4.69, 9.17) is 5.11 Å². The Labute approximate surface area is 72.5 Å². The van der Waals surface area contributed by atoms with Crippen molar-refractivity contribution in [2.45, 2.75) is 20.0 Å². The first-order valence-corrected chi connectivity index (χ1v) is 4.12. The molecule has 0 aromatic carbocycles.